The minimum absolute atomic E-state index is 0.00840. The number of carbonyl (C=O) groups is 5. The van der Waals surface area contributed by atoms with Gasteiger partial charge in [0.15, 0.2) is 5.78 Å². The Kier molecular flexibility index (Phi) is 22.3. The molecule has 15 nitrogen and oxygen atoms in total. The van der Waals surface area contributed by atoms with Crippen LogP contribution in [0.4, 0.5) is 0 Å². The predicted molar refractivity (Wildman–Crippen MR) is 251 cm³/mol. The van der Waals surface area contributed by atoms with Gasteiger partial charge in [-0.3, -0.25) is 19.2 Å². The number of rotatable bonds is 8. The van der Waals surface area contributed by atoms with Crippen molar-refractivity contribution in [2.45, 2.75) is 180 Å². The number of ether oxygens (including phenoxy) is 5. The van der Waals surface area contributed by atoms with E-state index in [1.807, 2.05) is 32.1 Å². The van der Waals surface area contributed by atoms with Gasteiger partial charge in [-0.1, -0.05) is 71.1 Å². The maximum Gasteiger partial charge on any atom is 0.329 e. The summed E-state index contributed by atoms with van der Waals surface area (Å²) in [7, 11) is 2.99. The van der Waals surface area contributed by atoms with E-state index in [1.54, 1.807) is 60.0 Å². The lowest BCUT2D eigenvalue weighted by molar-refractivity contribution is -0.265. The number of aliphatic hydroxyl groups excluding tert-OH is 3. The summed E-state index contributed by atoms with van der Waals surface area (Å²) in [6.07, 6.45) is 10.3. The van der Waals surface area contributed by atoms with E-state index in [0.29, 0.717) is 62.5 Å². The zero-order valence-corrected chi connectivity index (χ0v) is 41.5. The number of aliphatic hydroxyl groups is 4. The molecule has 1 aliphatic carbocycles. The molecule has 1 saturated carbocycles. The van der Waals surface area contributed by atoms with Gasteiger partial charge < -0.3 is 49.0 Å². The van der Waals surface area contributed by atoms with Gasteiger partial charge in [0.1, 0.15) is 30.1 Å². The van der Waals surface area contributed by atoms with Crippen LogP contribution in [-0.4, -0.2) is 143 Å². The normalized spacial score (nSPS) is 39.6. The quantitative estimate of drug-likeness (QED) is 0.134. The van der Waals surface area contributed by atoms with E-state index >= 15 is 0 Å². The lowest BCUT2D eigenvalue weighted by Crippen LogP contribution is -2.61. The van der Waals surface area contributed by atoms with E-state index < -0.39 is 77.8 Å². The summed E-state index contributed by atoms with van der Waals surface area (Å²) in [5.41, 5.74) is 0.998. The Labute approximate surface area is 398 Å². The first-order valence-corrected chi connectivity index (χ1v) is 24.6. The van der Waals surface area contributed by atoms with Gasteiger partial charge in [-0.2, -0.15) is 0 Å². The van der Waals surface area contributed by atoms with Crippen LogP contribution < -0.4 is 0 Å². The molecular formula is C52H81NO14. The molecule has 2 saturated heterocycles. The molecule has 0 unspecified atom stereocenters. The number of cyclic esters (lactones) is 1. The van der Waals surface area contributed by atoms with Crippen LogP contribution in [-0.2, 0) is 47.7 Å². The molecule has 0 aromatic rings. The second kappa shape index (κ2) is 26.5. The molecule has 0 aromatic carbocycles. The molecule has 15 atom stereocenters. The van der Waals surface area contributed by atoms with Gasteiger partial charge >= 0.3 is 5.97 Å². The molecule has 1 amide bonds. The molecule has 378 valence electrons. The number of piperidine rings is 1. The Bertz CT molecular complexity index is 1790. The number of Topliss-reactive ketones (excluding diaryl/α,β-unsaturated/α-hetero) is 3. The number of esters is 1. The number of hydrogen-bond donors (Lipinski definition) is 4. The summed E-state index contributed by atoms with van der Waals surface area (Å²) in [4.78, 5) is 71.8. The highest BCUT2D eigenvalue weighted by atomic mass is 16.6. The standard InChI is InChI=1S/C52H81NO14/c1-31-15-11-10-12-16-32(2)41(55)29-39-20-18-37(7)52(62,67-39)49(59)50(60)53-22-14-13-17-40(53)51(61)66-44(34(4)27-38-19-21-43(65-24-23-54)45(28-38)63-8)30-42(56)33(3)26-36(6)47(58)48(64-9)46(57)35(5)25-31/h10-12,15-16,26,31,33-35,37-41,43-45,47-48,54-55,58,62H,13-14,17-25,27-30H2,1-9H3/b12-10-,15-11-,32-16-,36-26-/t31-,33-,34-,35-,37-,38+,39+,40+,41+,43-,44+,45-,47-,48+,52-/m1/s1. The average molecular weight is 944 g/mol. The van der Waals surface area contributed by atoms with Crippen molar-refractivity contribution in [3.8, 4) is 0 Å². The van der Waals surface area contributed by atoms with Gasteiger partial charge in [-0.05, 0) is 107 Å². The fourth-order valence-corrected chi connectivity index (χ4v) is 10.2. The first-order chi connectivity index (χ1) is 31.7. The first kappa shape index (κ1) is 56.2. The number of hydrogen-bond acceptors (Lipinski definition) is 14. The molecule has 4 N–H and O–H groups in total. The number of allylic oxidation sites excluding steroid dienone is 6. The molecule has 3 fully saturated rings. The average Bonchev–Trinajstić information content (AvgIpc) is 3.30. The number of carbonyl (C=O) groups excluding carboxylic acids is 5. The number of nitrogens with zero attached hydrogens (tertiary/aromatic N) is 1. The predicted octanol–water partition coefficient (Wildman–Crippen LogP) is 5.54. The summed E-state index contributed by atoms with van der Waals surface area (Å²) in [5, 5.41) is 43.8. The summed E-state index contributed by atoms with van der Waals surface area (Å²) in [6, 6.07) is -1.16. The number of amides is 1. The Morgan fingerprint density at radius 2 is 1.60 bits per heavy atom. The molecule has 0 aromatic heterocycles. The molecule has 3 heterocycles. The van der Waals surface area contributed by atoms with Crippen LogP contribution in [0.5, 0.6) is 0 Å². The van der Waals surface area contributed by atoms with Crippen LogP contribution in [0.1, 0.15) is 126 Å². The van der Waals surface area contributed by atoms with Crippen LogP contribution in [0.2, 0.25) is 0 Å². The zero-order chi connectivity index (χ0) is 49.6. The van der Waals surface area contributed by atoms with E-state index in [0.717, 1.165) is 11.3 Å². The summed E-state index contributed by atoms with van der Waals surface area (Å²) < 4.78 is 29.5. The van der Waals surface area contributed by atoms with E-state index in [2.05, 4.69) is 0 Å². The van der Waals surface area contributed by atoms with Gasteiger partial charge in [0, 0.05) is 51.4 Å². The first-order valence-electron chi connectivity index (χ1n) is 24.6. The topological polar surface area (TPSA) is 216 Å². The maximum atomic E-state index is 14.4. The summed E-state index contributed by atoms with van der Waals surface area (Å²) in [5.74, 6) is -8.25. The number of methoxy groups -OCH3 is 2. The highest BCUT2D eigenvalue weighted by Gasteiger charge is 2.53. The van der Waals surface area contributed by atoms with Gasteiger partial charge in [0.2, 0.25) is 5.79 Å². The Morgan fingerprint density at radius 1 is 0.866 bits per heavy atom. The highest BCUT2D eigenvalue weighted by molar-refractivity contribution is 6.39. The third-order valence-corrected chi connectivity index (χ3v) is 14.6. The highest BCUT2D eigenvalue weighted by Crippen LogP contribution is 2.38. The van der Waals surface area contributed by atoms with Crippen LogP contribution in [0.15, 0.2) is 47.6 Å². The molecule has 0 spiro atoms. The minimum atomic E-state index is -2.49. The van der Waals surface area contributed by atoms with Crippen molar-refractivity contribution < 1.29 is 68.1 Å². The smallest absolute Gasteiger partial charge is 0.329 e. The van der Waals surface area contributed by atoms with Gasteiger partial charge in [-0.15, -0.1) is 0 Å². The fourth-order valence-electron chi connectivity index (χ4n) is 10.2. The van der Waals surface area contributed by atoms with Crippen molar-refractivity contribution in [1.29, 1.82) is 0 Å². The lowest BCUT2D eigenvalue weighted by atomic mass is 9.78. The van der Waals surface area contributed by atoms with Crippen molar-refractivity contribution >= 4 is 29.2 Å². The van der Waals surface area contributed by atoms with Gasteiger partial charge in [0.25, 0.3) is 11.7 Å². The number of fused-ring (bicyclic) bond motifs is 3. The second-order valence-corrected chi connectivity index (χ2v) is 19.9. The van der Waals surface area contributed by atoms with Crippen LogP contribution in [0.3, 0.4) is 0 Å². The van der Waals surface area contributed by atoms with E-state index in [1.165, 1.54) is 7.11 Å². The number of ketones is 3. The molecule has 3 aliphatic heterocycles. The molecule has 67 heavy (non-hydrogen) atoms. The van der Waals surface area contributed by atoms with Gasteiger partial charge in [0.05, 0.1) is 37.6 Å². The monoisotopic (exact) mass is 944 g/mol. The molecule has 4 aliphatic rings. The maximum absolute atomic E-state index is 14.4. The third kappa shape index (κ3) is 15.3. The van der Waals surface area contributed by atoms with Crippen molar-refractivity contribution in [3.05, 3.63) is 47.6 Å². The minimum Gasteiger partial charge on any atom is -0.460 e. The van der Waals surface area contributed by atoms with Crippen LogP contribution >= 0.6 is 0 Å². The van der Waals surface area contributed by atoms with Crippen molar-refractivity contribution in [2.24, 2.45) is 35.5 Å². The van der Waals surface area contributed by atoms with Crippen molar-refractivity contribution in [3.63, 3.8) is 0 Å². The Morgan fingerprint density at radius 3 is 2.28 bits per heavy atom. The van der Waals surface area contributed by atoms with Crippen LogP contribution in [0, 0.1) is 35.5 Å². The Balaban J connectivity index is 1.68. The SMILES string of the molecule is CO[C@@H]1C[C@H](C[C@@H](C)[C@@H]2CC(=O)[C@H](C)/C=C(/C)[C@@H](O)[C@@H](OC)C(=O)[C@H](C)C[C@H](C)\C=C/C=C\C=C(\C)[C@@H](O)C[C@@H]3CC[C@@H](C)[C@@](O)(O3)C(=O)C(=O)N3CCCC[C@H]3C(=O)O2)CC[C@H]1OCCO. The zero-order valence-electron chi connectivity index (χ0n) is 41.5. The Hall–Kier alpha value is -3.41. The largest absolute Gasteiger partial charge is 0.460 e. The molecule has 0 radical (unpaired) electrons. The van der Waals surface area contributed by atoms with Crippen molar-refractivity contribution in [2.75, 3.05) is 34.0 Å². The molecule has 2 bridgehead atoms. The van der Waals surface area contributed by atoms with E-state index in [-0.39, 0.29) is 80.5 Å². The molecule has 15 heteroatoms. The van der Waals surface area contributed by atoms with Crippen molar-refractivity contribution in [1.82, 2.24) is 4.90 Å². The van der Waals surface area contributed by atoms with Gasteiger partial charge in [-0.25, -0.2) is 4.79 Å². The van der Waals surface area contributed by atoms with E-state index in [9.17, 15) is 44.4 Å². The molecular weight excluding hydrogens is 863 g/mol. The second-order valence-electron chi connectivity index (χ2n) is 19.9. The third-order valence-electron chi connectivity index (χ3n) is 14.6. The summed E-state index contributed by atoms with van der Waals surface area (Å²) in [6.45, 7) is 12.6. The molecule has 4 rings (SSSR count). The fraction of sp³-hybridized carbons (Fsp3) is 0.750. The lowest BCUT2D eigenvalue weighted by Gasteiger charge is -2.42. The van der Waals surface area contributed by atoms with Crippen LogP contribution in [0.25, 0.3) is 0 Å². The van der Waals surface area contributed by atoms with E-state index in [4.69, 9.17) is 23.7 Å². The summed E-state index contributed by atoms with van der Waals surface area (Å²) >= 11 is 0.